The SMILES string of the molecule is CCCc1nnsc1C(=O)CC1Cc2ccccc21. The van der Waals surface area contributed by atoms with Crippen LogP contribution in [0.3, 0.4) is 0 Å². The minimum Gasteiger partial charge on any atom is -0.293 e. The first-order valence-electron chi connectivity index (χ1n) is 6.71. The van der Waals surface area contributed by atoms with Crippen molar-refractivity contribution in [3.8, 4) is 0 Å². The topological polar surface area (TPSA) is 42.9 Å². The lowest BCUT2D eigenvalue weighted by atomic mass is 9.75. The van der Waals surface area contributed by atoms with Gasteiger partial charge in [0.2, 0.25) is 0 Å². The molecular formula is C15H16N2OS. The molecule has 0 radical (unpaired) electrons. The molecule has 1 aliphatic rings. The fraction of sp³-hybridized carbons (Fsp3) is 0.400. The molecule has 3 rings (SSSR count). The first-order chi connectivity index (χ1) is 9.29. The van der Waals surface area contributed by atoms with E-state index in [2.05, 4.69) is 34.7 Å². The van der Waals surface area contributed by atoms with Crippen LogP contribution in [0.4, 0.5) is 0 Å². The second-order valence-corrected chi connectivity index (χ2v) is 5.78. The molecule has 1 unspecified atom stereocenters. The van der Waals surface area contributed by atoms with Gasteiger partial charge in [-0.15, -0.1) is 5.10 Å². The Bertz CT molecular complexity index is 606. The lowest BCUT2D eigenvalue weighted by Gasteiger charge is -2.29. The number of fused-ring (bicyclic) bond motifs is 1. The van der Waals surface area contributed by atoms with Crippen LogP contribution in [0.5, 0.6) is 0 Å². The summed E-state index contributed by atoms with van der Waals surface area (Å²) < 4.78 is 3.93. The van der Waals surface area contributed by atoms with Crippen LogP contribution in [0.25, 0.3) is 0 Å². The van der Waals surface area contributed by atoms with E-state index in [0.717, 1.165) is 29.8 Å². The van der Waals surface area contributed by atoms with Crippen molar-refractivity contribution >= 4 is 17.3 Å². The van der Waals surface area contributed by atoms with Crippen molar-refractivity contribution in [3.05, 3.63) is 46.0 Å². The summed E-state index contributed by atoms with van der Waals surface area (Å²) in [7, 11) is 0. The van der Waals surface area contributed by atoms with E-state index in [4.69, 9.17) is 0 Å². The Balaban J connectivity index is 1.71. The van der Waals surface area contributed by atoms with E-state index in [-0.39, 0.29) is 5.78 Å². The molecule has 1 heterocycles. The van der Waals surface area contributed by atoms with Gasteiger partial charge >= 0.3 is 0 Å². The van der Waals surface area contributed by atoms with E-state index in [1.807, 2.05) is 6.07 Å². The van der Waals surface area contributed by atoms with E-state index in [1.54, 1.807) is 0 Å². The standard InChI is InChI=1S/C15H16N2OS/c1-2-5-13-15(19-17-16-13)14(18)9-11-8-10-6-3-4-7-12(10)11/h3-4,6-7,11H,2,5,8-9H2,1H3. The van der Waals surface area contributed by atoms with Crippen LogP contribution >= 0.6 is 11.5 Å². The van der Waals surface area contributed by atoms with Gasteiger partial charge in [-0.1, -0.05) is 42.1 Å². The quantitative estimate of drug-likeness (QED) is 0.783. The highest BCUT2D eigenvalue weighted by atomic mass is 32.1. The van der Waals surface area contributed by atoms with Gasteiger partial charge < -0.3 is 0 Å². The van der Waals surface area contributed by atoms with E-state index in [9.17, 15) is 4.79 Å². The summed E-state index contributed by atoms with van der Waals surface area (Å²) in [4.78, 5) is 13.1. The summed E-state index contributed by atoms with van der Waals surface area (Å²) in [6, 6.07) is 8.39. The van der Waals surface area contributed by atoms with Gasteiger partial charge in [0.1, 0.15) is 4.88 Å². The molecule has 19 heavy (non-hydrogen) atoms. The van der Waals surface area contributed by atoms with Crippen molar-refractivity contribution in [2.45, 2.75) is 38.5 Å². The molecule has 0 saturated heterocycles. The van der Waals surface area contributed by atoms with E-state index in [1.165, 1.54) is 22.7 Å². The predicted octanol–water partition coefficient (Wildman–Crippen LogP) is 3.40. The number of carbonyl (C=O) groups excluding carboxylic acids is 1. The monoisotopic (exact) mass is 272 g/mol. The fourth-order valence-corrected chi connectivity index (χ4v) is 3.34. The summed E-state index contributed by atoms with van der Waals surface area (Å²) in [5, 5.41) is 4.07. The summed E-state index contributed by atoms with van der Waals surface area (Å²) in [5.41, 5.74) is 3.60. The van der Waals surface area contributed by atoms with Crippen LogP contribution in [0.1, 0.15) is 52.2 Å². The second kappa shape index (κ2) is 5.21. The van der Waals surface area contributed by atoms with Crippen molar-refractivity contribution in [2.24, 2.45) is 0 Å². The van der Waals surface area contributed by atoms with E-state index in [0.29, 0.717) is 12.3 Å². The van der Waals surface area contributed by atoms with Gasteiger partial charge in [-0.2, -0.15) is 0 Å². The lowest BCUT2D eigenvalue weighted by molar-refractivity contribution is 0.0973. The normalized spacial score (nSPS) is 16.8. The number of hydrogen-bond donors (Lipinski definition) is 0. The highest BCUT2D eigenvalue weighted by molar-refractivity contribution is 7.08. The van der Waals surface area contributed by atoms with E-state index >= 15 is 0 Å². The average molecular weight is 272 g/mol. The van der Waals surface area contributed by atoms with Crippen LogP contribution in [0, 0.1) is 0 Å². The Morgan fingerprint density at radius 3 is 3.05 bits per heavy atom. The van der Waals surface area contributed by atoms with Crippen molar-refractivity contribution < 1.29 is 4.79 Å². The molecule has 0 aliphatic heterocycles. The molecule has 0 bridgehead atoms. The summed E-state index contributed by atoms with van der Waals surface area (Å²) in [6.07, 6.45) is 3.46. The molecule has 1 atom stereocenters. The maximum atomic E-state index is 12.3. The smallest absolute Gasteiger partial charge is 0.176 e. The number of hydrogen-bond acceptors (Lipinski definition) is 4. The molecule has 2 aromatic rings. The van der Waals surface area contributed by atoms with Crippen molar-refractivity contribution in [2.75, 3.05) is 0 Å². The van der Waals surface area contributed by atoms with Crippen LogP contribution in [0.15, 0.2) is 24.3 Å². The number of ketones is 1. The molecule has 0 spiro atoms. The van der Waals surface area contributed by atoms with Crippen molar-refractivity contribution in [1.82, 2.24) is 9.59 Å². The molecule has 3 nitrogen and oxygen atoms in total. The fourth-order valence-electron chi connectivity index (χ4n) is 2.68. The van der Waals surface area contributed by atoms with Crippen LogP contribution in [-0.4, -0.2) is 15.4 Å². The lowest BCUT2D eigenvalue weighted by Crippen LogP contribution is -2.20. The molecule has 0 saturated carbocycles. The first kappa shape index (κ1) is 12.5. The Hall–Kier alpha value is -1.55. The first-order valence-corrected chi connectivity index (χ1v) is 7.49. The number of rotatable bonds is 5. The molecule has 0 fully saturated rings. The Morgan fingerprint density at radius 1 is 1.42 bits per heavy atom. The number of carbonyl (C=O) groups is 1. The number of aryl methyl sites for hydroxylation is 1. The van der Waals surface area contributed by atoms with Crippen molar-refractivity contribution in [3.63, 3.8) is 0 Å². The molecule has 1 aliphatic carbocycles. The summed E-state index contributed by atoms with van der Waals surface area (Å²) in [6.45, 7) is 2.09. The maximum Gasteiger partial charge on any atom is 0.176 e. The summed E-state index contributed by atoms with van der Waals surface area (Å²) >= 11 is 1.24. The van der Waals surface area contributed by atoms with Gasteiger partial charge in [-0.25, -0.2) is 0 Å². The molecule has 4 heteroatoms. The molecule has 98 valence electrons. The van der Waals surface area contributed by atoms with Crippen LogP contribution < -0.4 is 0 Å². The number of aromatic nitrogens is 2. The van der Waals surface area contributed by atoms with E-state index < -0.39 is 0 Å². The Labute approximate surface area is 116 Å². The highest BCUT2D eigenvalue weighted by Crippen LogP contribution is 2.38. The average Bonchev–Trinajstić information content (AvgIpc) is 2.84. The Morgan fingerprint density at radius 2 is 2.26 bits per heavy atom. The third-order valence-electron chi connectivity index (χ3n) is 3.69. The molecule has 0 amide bonds. The minimum atomic E-state index is 0.206. The van der Waals surface area contributed by atoms with Crippen molar-refractivity contribution in [1.29, 1.82) is 0 Å². The number of nitrogens with zero attached hydrogens (tertiary/aromatic N) is 2. The van der Waals surface area contributed by atoms with Gasteiger partial charge in [-0.05, 0) is 41.4 Å². The molecule has 0 N–H and O–H groups in total. The number of Topliss-reactive ketones (excluding diaryl/α,β-unsaturated/α-hetero) is 1. The maximum absolute atomic E-state index is 12.3. The zero-order valence-corrected chi connectivity index (χ0v) is 11.7. The van der Waals surface area contributed by atoms with Crippen LogP contribution in [0.2, 0.25) is 0 Å². The molecule has 1 aromatic carbocycles. The summed E-state index contributed by atoms with van der Waals surface area (Å²) in [5.74, 6) is 0.596. The molecular weight excluding hydrogens is 256 g/mol. The van der Waals surface area contributed by atoms with Gasteiger partial charge in [-0.3, -0.25) is 4.79 Å². The van der Waals surface area contributed by atoms with Gasteiger partial charge in [0.15, 0.2) is 5.78 Å². The minimum absolute atomic E-state index is 0.206. The van der Waals surface area contributed by atoms with Gasteiger partial charge in [0.25, 0.3) is 0 Å². The zero-order valence-electron chi connectivity index (χ0n) is 10.9. The predicted molar refractivity (Wildman–Crippen MR) is 75.7 cm³/mol. The van der Waals surface area contributed by atoms with Gasteiger partial charge in [0, 0.05) is 6.42 Å². The second-order valence-electron chi connectivity index (χ2n) is 5.03. The third-order valence-corrected chi connectivity index (χ3v) is 4.50. The molecule has 1 aromatic heterocycles. The van der Waals surface area contributed by atoms with Crippen LogP contribution in [-0.2, 0) is 12.8 Å². The van der Waals surface area contributed by atoms with Gasteiger partial charge in [0.05, 0.1) is 5.69 Å². The highest BCUT2D eigenvalue weighted by Gasteiger charge is 2.29. The zero-order chi connectivity index (χ0) is 13.2. The number of benzene rings is 1. The largest absolute Gasteiger partial charge is 0.293 e. The Kier molecular flexibility index (Phi) is 3.42. The third kappa shape index (κ3) is 2.32.